The van der Waals surface area contributed by atoms with Gasteiger partial charge in [-0.15, -0.1) is 0 Å². The van der Waals surface area contributed by atoms with E-state index in [9.17, 15) is 14.4 Å². The number of piperidine rings is 1. The van der Waals surface area contributed by atoms with Crippen LogP contribution < -0.4 is 5.73 Å². The van der Waals surface area contributed by atoms with Gasteiger partial charge in [0.15, 0.2) is 11.6 Å². The SMILES string of the molecule is CC(N=CC(=O)CC(=O)[C@H]1CCC1c1ccc(C(=N)N)cc1)c1ccc(C(=O)CC2CCN(C3CC3)CC2)c(Br)c1. The van der Waals surface area contributed by atoms with Crippen molar-refractivity contribution in [1.29, 1.82) is 5.41 Å². The average molecular weight is 620 g/mol. The third-order valence-corrected chi connectivity index (χ3v) is 9.75. The summed E-state index contributed by atoms with van der Waals surface area (Å²) in [6.45, 7) is 4.12. The second-order valence-electron chi connectivity index (χ2n) is 12.0. The number of nitrogens with two attached hydrogens (primary N) is 1. The predicted molar refractivity (Wildman–Crippen MR) is 165 cm³/mol. The van der Waals surface area contributed by atoms with Crippen LogP contribution in [0.25, 0.3) is 0 Å². The number of rotatable bonds is 12. The third-order valence-electron chi connectivity index (χ3n) is 9.09. The first-order chi connectivity index (χ1) is 19.7. The molecule has 0 spiro atoms. The van der Waals surface area contributed by atoms with Crippen LogP contribution in [0.2, 0.25) is 0 Å². The third kappa shape index (κ3) is 7.28. The first-order valence-electron chi connectivity index (χ1n) is 14.8. The number of nitrogens with one attached hydrogen (secondary N) is 1. The number of amidine groups is 1. The van der Waals surface area contributed by atoms with Gasteiger partial charge in [0.1, 0.15) is 11.6 Å². The molecular formula is C33H39BrN4O3. The molecule has 5 rings (SSSR count). The molecule has 41 heavy (non-hydrogen) atoms. The van der Waals surface area contributed by atoms with Gasteiger partial charge in [0, 0.05) is 34.0 Å². The summed E-state index contributed by atoms with van der Waals surface area (Å²) in [7, 11) is 0. The number of halogens is 1. The first-order valence-corrected chi connectivity index (χ1v) is 15.6. The Balaban J connectivity index is 1.10. The normalized spacial score (nSPS) is 22.3. The predicted octanol–water partition coefficient (Wildman–Crippen LogP) is 6.03. The van der Waals surface area contributed by atoms with Crippen LogP contribution in [0.5, 0.6) is 0 Å². The molecule has 3 atom stereocenters. The molecule has 3 fully saturated rings. The number of hydrogen-bond acceptors (Lipinski definition) is 6. The molecule has 3 N–H and O–H groups in total. The molecule has 2 unspecified atom stereocenters. The Morgan fingerprint density at radius 2 is 1.76 bits per heavy atom. The largest absolute Gasteiger partial charge is 0.384 e. The van der Waals surface area contributed by atoms with Crippen LogP contribution in [0.15, 0.2) is 51.9 Å². The number of carbonyl (C=O) groups is 3. The van der Waals surface area contributed by atoms with E-state index in [4.69, 9.17) is 11.1 Å². The zero-order valence-electron chi connectivity index (χ0n) is 23.7. The highest BCUT2D eigenvalue weighted by Crippen LogP contribution is 2.43. The number of ketones is 3. The maximum Gasteiger partial charge on any atom is 0.180 e. The van der Waals surface area contributed by atoms with E-state index in [1.54, 1.807) is 12.1 Å². The van der Waals surface area contributed by atoms with E-state index in [1.165, 1.54) is 19.1 Å². The van der Waals surface area contributed by atoms with Gasteiger partial charge in [0.2, 0.25) is 0 Å². The number of nitrogen functional groups attached to an aromatic ring is 1. The van der Waals surface area contributed by atoms with E-state index in [0.717, 1.165) is 60.4 Å². The van der Waals surface area contributed by atoms with E-state index in [0.29, 0.717) is 23.5 Å². The Morgan fingerprint density at radius 3 is 2.34 bits per heavy atom. The number of nitrogens with zero attached hydrogens (tertiary/aromatic N) is 2. The Kier molecular flexibility index (Phi) is 9.29. The monoisotopic (exact) mass is 618 g/mol. The number of hydrogen-bond donors (Lipinski definition) is 2. The van der Waals surface area contributed by atoms with Gasteiger partial charge in [-0.05, 0) is 93.6 Å². The number of Topliss-reactive ketones (excluding diaryl/α,β-unsaturated/α-hetero) is 3. The molecule has 8 heteroatoms. The molecular weight excluding hydrogens is 580 g/mol. The molecule has 1 aliphatic heterocycles. The molecule has 1 heterocycles. The minimum Gasteiger partial charge on any atom is -0.384 e. The molecule has 1 saturated heterocycles. The number of likely N-dealkylation sites (tertiary alicyclic amines) is 1. The van der Waals surface area contributed by atoms with Crippen LogP contribution in [0.1, 0.15) is 97.3 Å². The highest BCUT2D eigenvalue weighted by molar-refractivity contribution is 9.10. The summed E-state index contributed by atoms with van der Waals surface area (Å²) >= 11 is 3.59. The molecule has 216 valence electrons. The fraction of sp³-hybridized carbons (Fsp3) is 0.485. The molecule has 7 nitrogen and oxygen atoms in total. The van der Waals surface area contributed by atoms with E-state index >= 15 is 0 Å². The van der Waals surface area contributed by atoms with Crippen LogP contribution in [-0.2, 0) is 9.59 Å². The van der Waals surface area contributed by atoms with Crippen LogP contribution in [0.3, 0.4) is 0 Å². The quantitative estimate of drug-likeness (QED) is 0.130. The van der Waals surface area contributed by atoms with Crippen LogP contribution in [-0.4, -0.2) is 53.4 Å². The lowest BCUT2D eigenvalue weighted by atomic mass is 9.67. The van der Waals surface area contributed by atoms with Crippen molar-refractivity contribution in [3.8, 4) is 0 Å². The fourth-order valence-electron chi connectivity index (χ4n) is 6.18. The van der Waals surface area contributed by atoms with E-state index in [-0.39, 0.29) is 47.5 Å². The summed E-state index contributed by atoms with van der Waals surface area (Å²) in [4.78, 5) is 45.5. The molecule has 2 aliphatic carbocycles. The first kappa shape index (κ1) is 29.5. The van der Waals surface area contributed by atoms with Gasteiger partial charge in [-0.2, -0.15) is 0 Å². The Hall–Kier alpha value is -2.97. The van der Waals surface area contributed by atoms with Gasteiger partial charge in [-0.3, -0.25) is 24.8 Å². The standard InChI is InChI=1S/C33H39BrN4O3/c1-20(24-6-9-29(30(34)17-24)31(40)16-21-12-14-38(15-13-21)25-7-8-25)37-19-26(39)18-32(41)28-11-10-27(28)22-2-4-23(5-3-22)33(35)36/h2-6,9,17,19-21,25,27-28H,7-8,10-16,18H2,1H3,(H3,35,36)/t20?,27?,28-/m0/s1. The van der Waals surface area contributed by atoms with E-state index < -0.39 is 0 Å². The second kappa shape index (κ2) is 12.9. The topological polar surface area (TPSA) is 117 Å². The van der Waals surface area contributed by atoms with Gasteiger partial charge in [-0.25, -0.2) is 0 Å². The van der Waals surface area contributed by atoms with Crippen molar-refractivity contribution < 1.29 is 14.4 Å². The molecule has 3 aliphatic rings. The molecule has 2 aromatic carbocycles. The van der Waals surface area contributed by atoms with Crippen LogP contribution in [0, 0.1) is 17.2 Å². The lowest BCUT2D eigenvalue weighted by Gasteiger charge is -2.35. The van der Waals surface area contributed by atoms with Crippen LogP contribution >= 0.6 is 15.9 Å². The van der Waals surface area contributed by atoms with Crippen molar-refractivity contribution in [1.82, 2.24) is 4.90 Å². The molecule has 2 saturated carbocycles. The summed E-state index contributed by atoms with van der Waals surface area (Å²) in [5.74, 6) is 0.221. The summed E-state index contributed by atoms with van der Waals surface area (Å²) in [6, 6.07) is 13.6. The van der Waals surface area contributed by atoms with Gasteiger partial charge >= 0.3 is 0 Å². The van der Waals surface area contributed by atoms with Gasteiger partial charge < -0.3 is 10.6 Å². The fourth-order valence-corrected chi connectivity index (χ4v) is 6.79. The number of carbonyl (C=O) groups excluding carboxylic acids is 3. The smallest absolute Gasteiger partial charge is 0.180 e. The summed E-state index contributed by atoms with van der Waals surface area (Å²) in [5, 5.41) is 7.53. The van der Waals surface area contributed by atoms with Crippen molar-refractivity contribution in [2.45, 2.75) is 76.3 Å². The van der Waals surface area contributed by atoms with Gasteiger partial charge in [0.05, 0.1) is 18.7 Å². The minimum atomic E-state index is -0.293. The summed E-state index contributed by atoms with van der Waals surface area (Å²) < 4.78 is 0.756. The maximum atomic E-state index is 13.0. The highest BCUT2D eigenvalue weighted by Gasteiger charge is 2.37. The highest BCUT2D eigenvalue weighted by atomic mass is 79.9. The molecule has 2 aromatic rings. The lowest BCUT2D eigenvalue weighted by molar-refractivity contribution is -0.129. The average Bonchev–Trinajstić information content (AvgIpc) is 3.77. The number of aliphatic imine (C=N–C) groups is 1. The maximum absolute atomic E-state index is 13.0. The van der Waals surface area contributed by atoms with Crippen molar-refractivity contribution in [3.05, 3.63) is 69.2 Å². The van der Waals surface area contributed by atoms with Crippen molar-refractivity contribution in [2.24, 2.45) is 22.6 Å². The zero-order valence-corrected chi connectivity index (χ0v) is 25.2. The lowest BCUT2D eigenvalue weighted by Crippen LogP contribution is -2.35. The molecule has 0 amide bonds. The van der Waals surface area contributed by atoms with Crippen LogP contribution in [0.4, 0.5) is 0 Å². The number of benzene rings is 2. The molecule has 0 bridgehead atoms. The summed E-state index contributed by atoms with van der Waals surface area (Å²) in [5.41, 5.74) is 8.83. The van der Waals surface area contributed by atoms with Gasteiger partial charge in [-0.1, -0.05) is 46.3 Å². The Morgan fingerprint density at radius 1 is 1.05 bits per heavy atom. The molecule has 0 radical (unpaired) electrons. The Labute approximate surface area is 250 Å². The van der Waals surface area contributed by atoms with Crippen molar-refractivity contribution in [2.75, 3.05) is 13.1 Å². The minimum absolute atomic E-state index is 0.0172. The van der Waals surface area contributed by atoms with Crippen molar-refractivity contribution in [3.63, 3.8) is 0 Å². The van der Waals surface area contributed by atoms with Gasteiger partial charge in [0.25, 0.3) is 0 Å². The zero-order chi connectivity index (χ0) is 29.1. The van der Waals surface area contributed by atoms with E-state index in [1.807, 2.05) is 37.3 Å². The Bertz CT molecular complexity index is 1340. The second-order valence-corrected chi connectivity index (χ2v) is 12.8. The van der Waals surface area contributed by atoms with Crippen molar-refractivity contribution >= 4 is 45.3 Å². The molecule has 0 aromatic heterocycles. The summed E-state index contributed by atoms with van der Waals surface area (Å²) in [6.07, 6.45) is 8.24. The van der Waals surface area contributed by atoms with E-state index in [2.05, 4.69) is 25.8 Å².